The molecule has 5 fully saturated rings. The topological polar surface area (TPSA) is 95.8 Å². The highest BCUT2D eigenvalue weighted by atomic mass is 16.7. The Labute approximate surface area is 216 Å². The minimum atomic E-state index is -0.910. The Bertz CT molecular complexity index is 806. The van der Waals surface area contributed by atoms with Crippen LogP contribution in [0.5, 0.6) is 0 Å². The number of aliphatic hydroxyl groups is 2. The van der Waals surface area contributed by atoms with E-state index in [-0.39, 0.29) is 55.6 Å². The molecular weight excluding hydrogens is 464 g/mol. The molecule has 0 bridgehead atoms. The maximum absolute atomic E-state index is 12.5. The van der Waals surface area contributed by atoms with E-state index in [4.69, 9.17) is 28.4 Å². The third-order valence-corrected chi connectivity index (χ3v) is 11.1. The lowest BCUT2D eigenvalue weighted by molar-refractivity contribution is -0.405. The van der Waals surface area contributed by atoms with Gasteiger partial charge < -0.3 is 38.6 Å². The van der Waals surface area contributed by atoms with Crippen LogP contribution < -0.4 is 0 Å². The van der Waals surface area contributed by atoms with Crippen LogP contribution in [0.3, 0.4) is 0 Å². The second-order valence-electron chi connectivity index (χ2n) is 13.2. The number of rotatable bonds is 7. The standard InChI is InChI=1S/C28H48O8/c1-18-11-22-27(15-34-24(2,3)36-22)23-20(8-9-26(27,30)12-18)28(35-17-32-6)10-7-19(14-29)25(28,4)13-21(23)33-16-31-5/h18-23,29-30H,7-17H2,1-6H3/t18-,19+,20?,21+,22+,23?,25+,26-,27+,28-/m0/s1. The quantitative estimate of drug-likeness (QED) is 0.501. The Balaban J connectivity index is 1.66. The zero-order valence-corrected chi connectivity index (χ0v) is 23.1. The van der Waals surface area contributed by atoms with Crippen LogP contribution in [0.15, 0.2) is 0 Å². The molecule has 0 amide bonds. The van der Waals surface area contributed by atoms with Gasteiger partial charge in [0, 0.05) is 32.2 Å². The van der Waals surface area contributed by atoms with Crippen LogP contribution in [-0.2, 0) is 28.4 Å². The molecule has 0 radical (unpaired) electrons. The smallest absolute Gasteiger partial charge is 0.163 e. The van der Waals surface area contributed by atoms with Gasteiger partial charge in [0.15, 0.2) is 5.79 Å². The molecular formula is C28H48O8. The average molecular weight is 513 g/mol. The third-order valence-electron chi connectivity index (χ3n) is 11.1. The van der Waals surface area contributed by atoms with Gasteiger partial charge in [0.25, 0.3) is 0 Å². The Morgan fingerprint density at radius 3 is 2.44 bits per heavy atom. The lowest BCUT2D eigenvalue weighted by Crippen LogP contribution is -2.78. The van der Waals surface area contributed by atoms with E-state index < -0.39 is 22.4 Å². The molecule has 4 saturated carbocycles. The summed E-state index contributed by atoms with van der Waals surface area (Å²) in [6, 6.07) is 0. The molecule has 1 aliphatic heterocycles. The summed E-state index contributed by atoms with van der Waals surface area (Å²) in [4.78, 5) is 0. The summed E-state index contributed by atoms with van der Waals surface area (Å²) in [6.45, 7) is 9.39. The van der Waals surface area contributed by atoms with Crippen LogP contribution in [0, 0.1) is 34.5 Å². The first-order valence-electron chi connectivity index (χ1n) is 13.9. The predicted octanol–water partition coefficient (Wildman–Crippen LogP) is 3.47. The Morgan fingerprint density at radius 1 is 1.00 bits per heavy atom. The van der Waals surface area contributed by atoms with Crippen molar-refractivity contribution in [2.45, 2.75) is 102 Å². The van der Waals surface area contributed by atoms with Gasteiger partial charge in [-0.15, -0.1) is 0 Å². The first kappa shape index (κ1) is 27.3. The summed E-state index contributed by atoms with van der Waals surface area (Å²) < 4.78 is 37.3. The third kappa shape index (κ3) is 3.69. The van der Waals surface area contributed by atoms with E-state index in [0.29, 0.717) is 18.9 Å². The van der Waals surface area contributed by atoms with Crippen LogP contribution in [0.2, 0.25) is 0 Å². The lowest BCUT2D eigenvalue weighted by atomic mass is 9.39. The highest BCUT2D eigenvalue weighted by Gasteiger charge is 2.77. The SMILES string of the molecule is COCO[C@@H]1C[C@]2(C)[C@@H](CO)CC[C@]2(OCOC)C2CC[C@]3(O)C[C@@H](C)C[C@H]4OC(C)(C)OC[C@]43C21. The van der Waals surface area contributed by atoms with Gasteiger partial charge in [0.2, 0.25) is 0 Å². The van der Waals surface area contributed by atoms with Crippen molar-refractivity contribution >= 4 is 0 Å². The predicted molar refractivity (Wildman–Crippen MR) is 132 cm³/mol. The monoisotopic (exact) mass is 512 g/mol. The number of fused-ring (bicyclic) bond motifs is 3. The molecule has 8 heteroatoms. The molecule has 0 aromatic heterocycles. The molecule has 208 valence electrons. The number of methoxy groups -OCH3 is 2. The van der Waals surface area contributed by atoms with E-state index in [9.17, 15) is 10.2 Å². The molecule has 0 aromatic carbocycles. The fourth-order valence-electron chi connectivity index (χ4n) is 9.73. The zero-order valence-electron chi connectivity index (χ0n) is 23.1. The molecule has 1 saturated heterocycles. The van der Waals surface area contributed by atoms with Crippen molar-refractivity contribution in [2.24, 2.45) is 34.5 Å². The molecule has 0 aromatic rings. The van der Waals surface area contributed by atoms with E-state index >= 15 is 0 Å². The van der Waals surface area contributed by atoms with Gasteiger partial charge in [-0.05, 0) is 76.5 Å². The summed E-state index contributed by atoms with van der Waals surface area (Å²) in [5.41, 5.74) is -2.30. The second kappa shape index (κ2) is 9.40. The number of hydrogen-bond acceptors (Lipinski definition) is 8. The van der Waals surface area contributed by atoms with Gasteiger partial charge in [-0.2, -0.15) is 0 Å². The minimum Gasteiger partial charge on any atom is -0.396 e. The lowest BCUT2D eigenvalue weighted by Gasteiger charge is -2.71. The van der Waals surface area contributed by atoms with Crippen LogP contribution in [0.1, 0.15) is 72.6 Å². The molecule has 4 aliphatic carbocycles. The van der Waals surface area contributed by atoms with E-state index in [0.717, 1.165) is 38.5 Å². The molecule has 5 aliphatic rings. The van der Waals surface area contributed by atoms with Crippen molar-refractivity contribution in [3.05, 3.63) is 0 Å². The van der Waals surface area contributed by atoms with Gasteiger partial charge >= 0.3 is 0 Å². The van der Waals surface area contributed by atoms with Crippen LogP contribution in [0.4, 0.5) is 0 Å². The second-order valence-corrected chi connectivity index (χ2v) is 13.2. The van der Waals surface area contributed by atoms with E-state index in [2.05, 4.69) is 13.8 Å². The molecule has 8 nitrogen and oxygen atoms in total. The van der Waals surface area contributed by atoms with E-state index in [1.165, 1.54) is 0 Å². The van der Waals surface area contributed by atoms with Crippen molar-refractivity contribution in [3.8, 4) is 0 Å². The molecule has 2 unspecified atom stereocenters. The van der Waals surface area contributed by atoms with Gasteiger partial charge in [0.1, 0.15) is 13.6 Å². The van der Waals surface area contributed by atoms with E-state index in [1.54, 1.807) is 14.2 Å². The van der Waals surface area contributed by atoms with Crippen molar-refractivity contribution < 1.29 is 38.6 Å². The first-order valence-corrected chi connectivity index (χ1v) is 13.9. The van der Waals surface area contributed by atoms with E-state index in [1.807, 2.05) is 13.8 Å². The summed E-state index contributed by atoms with van der Waals surface area (Å²) in [7, 11) is 3.31. The average Bonchev–Trinajstić information content (AvgIpc) is 3.10. The molecule has 5 rings (SSSR count). The number of aliphatic hydroxyl groups excluding tert-OH is 1. The minimum absolute atomic E-state index is 0.0395. The maximum Gasteiger partial charge on any atom is 0.163 e. The normalized spacial score (nSPS) is 51.7. The van der Waals surface area contributed by atoms with Crippen LogP contribution in [-0.4, -0.2) is 80.4 Å². The van der Waals surface area contributed by atoms with Crippen molar-refractivity contribution in [2.75, 3.05) is 41.0 Å². The first-order chi connectivity index (χ1) is 17.0. The Hall–Kier alpha value is -0.320. The van der Waals surface area contributed by atoms with Crippen LogP contribution >= 0.6 is 0 Å². The fourth-order valence-corrected chi connectivity index (χ4v) is 9.73. The van der Waals surface area contributed by atoms with Crippen LogP contribution in [0.25, 0.3) is 0 Å². The summed E-state index contributed by atoms with van der Waals surface area (Å²) >= 11 is 0. The zero-order chi connectivity index (χ0) is 26.0. The van der Waals surface area contributed by atoms with Crippen molar-refractivity contribution in [1.29, 1.82) is 0 Å². The summed E-state index contributed by atoms with van der Waals surface area (Å²) in [5.74, 6) is -0.166. The van der Waals surface area contributed by atoms with Crippen molar-refractivity contribution in [3.63, 3.8) is 0 Å². The summed E-state index contributed by atoms with van der Waals surface area (Å²) in [6.07, 6.45) is 5.28. The Kier molecular flexibility index (Phi) is 7.12. The summed E-state index contributed by atoms with van der Waals surface area (Å²) in [5, 5.41) is 22.9. The highest BCUT2D eigenvalue weighted by molar-refractivity contribution is 5.25. The highest BCUT2D eigenvalue weighted by Crippen LogP contribution is 2.72. The molecule has 10 atom stereocenters. The molecule has 36 heavy (non-hydrogen) atoms. The number of ether oxygens (including phenoxy) is 6. The largest absolute Gasteiger partial charge is 0.396 e. The fraction of sp³-hybridized carbons (Fsp3) is 1.00. The maximum atomic E-state index is 12.5. The van der Waals surface area contributed by atoms with Gasteiger partial charge in [-0.3, -0.25) is 0 Å². The van der Waals surface area contributed by atoms with Gasteiger partial charge in [-0.25, -0.2) is 0 Å². The molecule has 1 spiro atoms. The van der Waals surface area contributed by atoms with Gasteiger partial charge in [0.05, 0.1) is 35.4 Å². The Morgan fingerprint density at radius 2 is 1.75 bits per heavy atom. The number of hydrogen-bond donors (Lipinski definition) is 2. The van der Waals surface area contributed by atoms with Gasteiger partial charge in [-0.1, -0.05) is 13.8 Å². The molecule has 2 N–H and O–H groups in total. The molecule has 1 heterocycles. The van der Waals surface area contributed by atoms with Crippen molar-refractivity contribution in [1.82, 2.24) is 0 Å².